The third kappa shape index (κ3) is 7.46. The molecule has 0 spiro atoms. The number of aryl methyl sites for hydroxylation is 2. The van der Waals surface area contributed by atoms with Crippen molar-refractivity contribution in [3.8, 4) is 0 Å². The third-order valence-electron chi connectivity index (χ3n) is 7.84. The molecule has 0 unspecified atom stereocenters. The highest BCUT2D eigenvalue weighted by Gasteiger charge is 2.35. The molecule has 42 heavy (non-hydrogen) atoms. The quantitative estimate of drug-likeness (QED) is 0.256. The maximum atomic E-state index is 14.2. The monoisotopic (exact) mass is 629 g/mol. The fourth-order valence-corrected chi connectivity index (χ4v) is 6.97. The van der Waals surface area contributed by atoms with Crippen molar-refractivity contribution in [3.63, 3.8) is 0 Å². The zero-order valence-corrected chi connectivity index (χ0v) is 26.5. The van der Waals surface area contributed by atoms with Gasteiger partial charge >= 0.3 is 0 Å². The van der Waals surface area contributed by atoms with E-state index in [0.717, 1.165) is 41.1 Å². The summed E-state index contributed by atoms with van der Waals surface area (Å²) in [6, 6.07) is 17.5. The molecule has 7 nitrogen and oxygen atoms in total. The van der Waals surface area contributed by atoms with E-state index >= 15 is 0 Å². The molecule has 1 N–H and O–H groups in total. The van der Waals surface area contributed by atoms with E-state index in [1.54, 1.807) is 30.3 Å². The SMILES string of the molecule is CC[C@@H](C(=O)NC1CCCC1)N(Cc1ccccc1Cl)C(=O)CN(c1ccc(C)c(C)c1)S(=O)(=O)c1ccc(Cl)cc1. The molecule has 4 rings (SSSR count). The predicted molar refractivity (Wildman–Crippen MR) is 168 cm³/mol. The average molecular weight is 631 g/mol. The number of nitrogens with zero attached hydrogens (tertiary/aromatic N) is 2. The van der Waals surface area contributed by atoms with Crippen LogP contribution in [-0.4, -0.2) is 43.8 Å². The van der Waals surface area contributed by atoms with Crippen LogP contribution in [0.5, 0.6) is 0 Å². The van der Waals surface area contributed by atoms with Crippen LogP contribution in [0.2, 0.25) is 10.0 Å². The van der Waals surface area contributed by atoms with Gasteiger partial charge in [-0.05, 0) is 92.3 Å². The Morgan fingerprint density at radius 3 is 2.24 bits per heavy atom. The molecule has 224 valence electrons. The van der Waals surface area contributed by atoms with Crippen molar-refractivity contribution >= 4 is 50.7 Å². The van der Waals surface area contributed by atoms with Crippen molar-refractivity contribution < 1.29 is 18.0 Å². The van der Waals surface area contributed by atoms with Crippen LogP contribution >= 0.6 is 23.2 Å². The van der Waals surface area contributed by atoms with E-state index in [1.807, 2.05) is 32.9 Å². The van der Waals surface area contributed by atoms with Gasteiger partial charge in [0.15, 0.2) is 0 Å². The molecule has 10 heteroatoms. The second-order valence-corrected chi connectivity index (χ2v) is 13.5. The molecule has 1 atom stereocenters. The molecular formula is C32H37Cl2N3O4S. The highest BCUT2D eigenvalue weighted by atomic mass is 35.5. The lowest BCUT2D eigenvalue weighted by Crippen LogP contribution is -2.53. The highest BCUT2D eigenvalue weighted by molar-refractivity contribution is 7.92. The molecule has 2 amide bonds. The van der Waals surface area contributed by atoms with Crippen LogP contribution in [0, 0.1) is 13.8 Å². The fraction of sp³-hybridized carbons (Fsp3) is 0.375. The average Bonchev–Trinajstić information content (AvgIpc) is 3.47. The molecule has 0 bridgehead atoms. The van der Waals surface area contributed by atoms with Crippen molar-refractivity contribution in [2.75, 3.05) is 10.8 Å². The minimum Gasteiger partial charge on any atom is -0.352 e. The molecule has 1 aliphatic rings. The van der Waals surface area contributed by atoms with Crippen LogP contribution in [-0.2, 0) is 26.2 Å². The summed E-state index contributed by atoms with van der Waals surface area (Å²) in [6.45, 7) is 5.21. The van der Waals surface area contributed by atoms with Gasteiger partial charge in [0.05, 0.1) is 10.6 Å². The van der Waals surface area contributed by atoms with Crippen LogP contribution in [0.1, 0.15) is 55.7 Å². The van der Waals surface area contributed by atoms with Gasteiger partial charge in [0.1, 0.15) is 12.6 Å². The zero-order chi connectivity index (χ0) is 30.4. The number of benzene rings is 3. The highest BCUT2D eigenvalue weighted by Crippen LogP contribution is 2.28. The number of carbonyl (C=O) groups is 2. The summed E-state index contributed by atoms with van der Waals surface area (Å²) in [5.74, 6) is -0.762. The van der Waals surface area contributed by atoms with E-state index in [9.17, 15) is 18.0 Å². The van der Waals surface area contributed by atoms with Gasteiger partial charge in [-0.25, -0.2) is 8.42 Å². The number of hydrogen-bond acceptors (Lipinski definition) is 4. The molecule has 0 aromatic heterocycles. The number of hydrogen-bond donors (Lipinski definition) is 1. The van der Waals surface area contributed by atoms with Crippen LogP contribution < -0.4 is 9.62 Å². The second kappa shape index (κ2) is 13.9. The Kier molecular flexibility index (Phi) is 10.6. The number of carbonyl (C=O) groups excluding carboxylic acids is 2. The van der Waals surface area contributed by atoms with Gasteiger partial charge in [0.2, 0.25) is 11.8 Å². The minimum absolute atomic E-state index is 0.00148. The van der Waals surface area contributed by atoms with E-state index in [1.165, 1.54) is 29.2 Å². The van der Waals surface area contributed by atoms with Gasteiger partial charge in [-0.3, -0.25) is 13.9 Å². The molecule has 0 heterocycles. The molecule has 1 fully saturated rings. The smallest absolute Gasteiger partial charge is 0.264 e. The van der Waals surface area contributed by atoms with E-state index in [2.05, 4.69) is 5.32 Å². The largest absolute Gasteiger partial charge is 0.352 e. The second-order valence-electron chi connectivity index (χ2n) is 10.8. The molecule has 3 aromatic carbocycles. The first kappa shape index (κ1) is 31.9. The summed E-state index contributed by atoms with van der Waals surface area (Å²) in [5, 5.41) is 3.97. The first-order chi connectivity index (χ1) is 20.0. The van der Waals surface area contributed by atoms with E-state index in [4.69, 9.17) is 23.2 Å². The number of anilines is 1. The standard InChI is InChI=1S/C32H37Cl2N3O4S/c1-4-30(32(39)35-26-10-6-7-11-26)36(20-24-9-5-8-12-29(24)34)31(38)21-37(27-16-13-22(2)23(3)19-27)42(40,41)28-17-14-25(33)15-18-28/h5,8-9,12-19,26,30H,4,6-7,10-11,20-21H2,1-3H3,(H,35,39)/t30-/m0/s1. The molecule has 0 aliphatic heterocycles. The Morgan fingerprint density at radius 2 is 1.62 bits per heavy atom. The Labute approximate surface area is 258 Å². The lowest BCUT2D eigenvalue weighted by molar-refractivity contribution is -0.140. The van der Waals surface area contributed by atoms with Crippen molar-refractivity contribution in [3.05, 3.63) is 93.5 Å². The number of halogens is 2. The van der Waals surface area contributed by atoms with Gasteiger partial charge in [0.25, 0.3) is 10.0 Å². The third-order valence-corrected chi connectivity index (χ3v) is 10.3. The van der Waals surface area contributed by atoms with Crippen LogP contribution in [0.4, 0.5) is 5.69 Å². The van der Waals surface area contributed by atoms with E-state index in [0.29, 0.717) is 27.7 Å². The van der Waals surface area contributed by atoms with Gasteiger partial charge in [-0.2, -0.15) is 0 Å². The maximum Gasteiger partial charge on any atom is 0.264 e. The Bertz CT molecular complexity index is 1520. The lowest BCUT2D eigenvalue weighted by atomic mass is 10.1. The minimum atomic E-state index is -4.18. The normalized spacial score (nSPS) is 14.4. The Morgan fingerprint density at radius 1 is 0.952 bits per heavy atom. The first-order valence-corrected chi connectivity index (χ1v) is 16.4. The molecule has 0 saturated heterocycles. The van der Waals surface area contributed by atoms with Gasteiger partial charge < -0.3 is 10.2 Å². The molecule has 1 saturated carbocycles. The topological polar surface area (TPSA) is 86.8 Å². The van der Waals surface area contributed by atoms with E-state index in [-0.39, 0.29) is 23.4 Å². The number of sulfonamides is 1. The number of rotatable bonds is 11. The maximum absolute atomic E-state index is 14.2. The van der Waals surface area contributed by atoms with Crippen LogP contribution in [0.3, 0.4) is 0 Å². The van der Waals surface area contributed by atoms with Crippen molar-refractivity contribution in [2.45, 2.75) is 76.4 Å². The van der Waals surface area contributed by atoms with Gasteiger partial charge in [0, 0.05) is 22.6 Å². The molecular weight excluding hydrogens is 593 g/mol. The molecule has 3 aromatic rings. The van der Waals surface area contributed by atoms with Gasteiger partial charge in [-0.1, -0.05) is 67.2 Å². The summed E-state index contributed by atoms with van der Waals surface area (Å²) in [5.41, 5.74) is 2.89. The summed E-state index contributed by atoms with van der Waals surface area (Å²) in [7, 11) is -4.18. The van der Waals surface area contributed by atoms with Crippen molar-refractivity contribution in [1.29, 1.82) is 0 Å². The van der Waals surface area contributed by atoms with Gasteiger partial charge in [-0.15, -0.1) is 0 Å². The molecule has 1 aliphatic carbocycles. The Balaban J connectivity index is 1.74. The first-order valence-electron chi connectivity index (χ1n) is 14.2. The number of amides is 2. The summed E-state index contributed by atoms with van der Waals surface area (Å²) in [4.78, 5) is 29.3. The zero-order valence-electron chi connectivity index (χ0n) is 24.1. The van der Waals surface area contributed by atoms with Crippen LogP contribution in [0.15, 0.2) is 71.6 Å². The summed E-state index contributed by atoms with van der Waals surface area (Å²) in [6.07, 6.45) is 4.26. The summed E-state index contributed by atoms with van der Waals surface area (Å²) < 4.78 is 29.2. The fourth-order valence-electron chi connectivity index (χ4n) is 5.24. The molecule has 0 radical (unpaired) electrons. The van der Waals surface area contributed by atoms with Crippen LogP contribution in [0.25, 0.3) is 0 Å². The summed E-state index contributed by atoms with van der Waals surface area (Å²) >= 11 is 12.5. The van der Waals surface area contributed by atoms with Crippen molar-refractivity contribution in [1.82, 2.24) is 10.2 Å². The van der Waals surface area contributed by atoms with E-state index < -0.39 is 28.5 Å². The Hall–Kier alpha value is -3.07. The predicted octanol–water partition coefficient (Wildman–Crippen LogP) is 6.67. The number of nitrogens with one attached hydrogen (secondary N) is 1. The van der Waals surface area contributed by atoms with Crippen molar-refractivity contribution in [2.24, 2.45) is 0 Å². The lowest BCUT2D eigenvalue weighted by Gasteiger charge is -2.34.